The van der Waals surface area contributed by atoms with Crippen molar-refractivity contribution in [1.82, 2.24) is 10.6 Å². The maximum atomic E-state index is 13.7. The smallest absolute Gasteiger partial charge is 0.191 e. The summed E-state index contributed by atoms with van der Waals surface area (Å²) in [5, 5.41) is 6.41. The molecule has 0 saturated heterocycles. The predicted molar refractivity (Wildman–Crippen MR) is 127 cm³/mol. The van der Waals surface area contributed by atoms with Crippen LogP contribution in [0.25, 0.3) is 0 Å². The highest BCUT2D eigenvalue weighted by Gasteiger charge is 2.18. The van der Waals surface area contributed by atoms with Crippen LogP contribution in [0.15, 0.2) is 64.5 Å². The molecule has 0 fully saturated rings. The van der Waals surface area contributed by atoms with Gasteiger partial charge in [-0.3, -0.25) is 4.99 Å². The lowest BCUT2D eigenvalue weighted by Crippen LogP contribution is -2.42. The van der Waals surface area contributed by atoms with Crippen LogP contribution in [0.4, 0.5) is 4.39 Å². The van der Waals surface area contributed by atoms with Gasteiger partial charge in [0.1, 0.15) is 10.7 Å². The predicted octanol–water partition coefficient (Wildman–Crippen LogP) is 3.79. The Kier molecular flexibility index (Phi) is 11.2. The zero-order chi connectivity index (χ0) is 20.4. The zero-order valence-electron chi connectivity index (χ0n) is 16.8. The van der Waals surface area contributed by atoms with Crippen molar-refractivity contribution >= 4 is 39.8 Å². The highest BCUT2D eigenvalue weighted by Crippen LogP contribution is 2.15. The topological polar surface area (TPSA) is 70.6 Å². The average molecular weight is 533 g/mol. The van der Waals surface area contributed by atoms with Crippen molar-refractivity contribution in [3.8, 4) is 0 Å². The molecule has 2 aromatic carbocycles. The van der Waals surface area contributed by atoms with E-state index in [4.69, 9.17) is 0 Å². The molecule has 0 heterocycles. The molecule has 2 aromatic rings. The largest absolute Gasteiger partial charge is 0.357 e. The number of nitrogens with one attached hydrogen (secondary N) is 2. The van der Waals surface area contributed by atoms with Crippen LogP contribution in [0.3, 0.4) is 0 Å². The second-order valence-electron chi connectivity index (χ2n) is 6.58. The number of rotatable bonds is 9. The number of aryl methyl sites for hydroxylation is 1. The lowest BCUT2D eigenvalue weighted by molar-refractivity contribution is 0.566. The molecule has 0 spiro atoms. The van der Waals surface area contributed by atoms with Crippen LogP contribution in [0.5, 0.6) is 0 Å². The van der Waals surface area contributed by atoms with E-state index in [1.165, 1.54) is 23.8 Å². The van der Waals surface area contributed by atoms with Crippen LogP contribution < -0.4 is 10.6 Å². The van der Waals surface area contributed by atoms with Crippen molar-refractivity contribution in [2.24, 2.45) is 4.99 Å². The molecule has 0 radical (unpaired) electrons. The van der Waals surface area contributed by atoms with Gasteiger partial charge in [-0.2, -0.15) is 0 Å². The molecule has 2 rings (SSSR count). The minimum atomic E-state index is -3.71. The number of hydrogen-bond donors (Lipinski definition) is 2. The van der Waals surface area contributed by atoms with E-state index in [-0.39, 0.29) is 47.2 Å². The number of aliphatic imine (C=N–C) groups is 1. The molecule has 160 valence electrons. The summed E-state index contributed by atoms with van der Waals surface area (Å²) in [6.07, 6.45) is 1.86. The summed E-state index contributed by atoms with van der Waals surface area (Å²) in [7, 11) is -3.71. The van der Waals surface area contributed by atoms with E-state index >= 15 is 0 Å². The maximum absolute atomic E-state index is 13.7. The van der Waals surface area contributed by atoms with E-state index in [1.54, 1.807) is 0 Å². The fraction of sp³-hybridized carbons (Fsp3) is 0.381. The highest BCUT2D eigenvalue weighted by molar-refractivity contribution is 14.0. The Labute approximate surface area is 190 Å². The van der Waals surface area contributed by atoms with E-state index in [0.29, 0.717) is 12.5 Å². The minimum absolute atomic E-state index is 0. The van der Waals surface area contributed by atoms with E-state index in [2.05, 4.69) is 34.7 Å². The third-order valence-corrected chi connectivity index (χ3v) is 5.96. The standard InChI is InChI=1S/C21H28FN3O2S.HI/c1-3-23-21(25-17(2)13-14-18-9-5-4-6-10-18)24-15-16-28(26,27)20-12-8-7-11-19(20)22;/h4-12,17H,3,13-16H2,1-2H3,(H2,23,24,25);1H. The van der Waals surface area contributed by atoms with Gasteiger partial charge in [-0.05, 0) is 44.4 Å². The SMILES string of the molecule is CCNC(=NCCS(=O)(=O)c1ccccc1F)NC(C)CCc1ccccc1.I. The summed E-state index contributed by atoms with van der Waals surface area (Å²) in [6.45, 7) is 4.72. The van der Waals surface area contributed by atoms with Gasteiger partial charge in [0.25, 0.3) is 0 Å². The summed E-state index contributed by atoms with van der Waals surface area (Å²) < 4.78 is 38.4. The van der Waals surface area contributed by atoms with Crippen molar-refractivity contribution in [1.29, 1.82) is 0 Å². The molecule has 0 bridgehead atoms. The van der Waals surface area contributed by atoms with Gasteiger partial charge >= 0.3 is 0 Å². The molecular weight excluding hydrogens is 504 g/mol. The molecule has 1 unspecified atom stereocenters. The van der Waals surface area contributed by atoms with Gasteiger partial charge in [-0.25, -0.2) is 12.8 Å². The first-order valence-corrected chi connectivity index (χ1v) is 11.1. The molecule has 8 heteroatoms. The maximum Gasteiger partial charge on any atom is 0.191 e. The summed E-state index contributed by atoms with van der Waals surface area (Å²) in [6, 6.07) is 15.8. The molecule has 0 aliphatic carbocycles. The Hall–Kier alpha value is -1.68. The van der Waals surface area contributed by atoms with E-state index < -0.39 is 15.7 Å². The Morgan fingerprint density at radius 2 is 1.76 bits per heavy atom. The molecule has 0 aromatic heterocycles. The molecule has 2 N–H and O–H groups in total. The van der Waals surface area contributed by atoms with Gasteiger partial charge in [0.05, 0.1) is 12.3 Å². The number of benzene rings is 2. The van der Waals surface area contributed by atoms with Crippen molar-refractivity contribution < 1.29 is 12.8 Å². The fourth-order valence-electron chi connectivity index (χ4n) is 2.74. The summed E-state index contributed by atoms with van der Waals surface area (Å²) in [4.78, 5) is 4.06. The van der Waals surface area contributed by atoms with Gasteiger partial charge in [-0.15, -0.1) is 24.0 Å². The van der Waals surface area contributed by atoms with E-state index in [0.717, 1.165) is 18.9 Å². The number of sulfone groups is 1. The zero-order valence-corrected chi connectivity index (χ0v) is 19.9. The molecule has 0 aliphatic rings. The highest BCUT2D eigenvalue weighted by atomic mass is 127. The van der Waals surface area contributed by atoms with Crippen molar-refractivity contribution in [3.05, 3.63) is 66.0 Å². The van der Waals surface area contributed by atoms with Gasteiger partial charge in [0.15, 0.2) is 15.8 Å². The van der Waals surface area contributed by atoms with Crippen LogP contribution >= 0.6 is 24.0 Å². The number of hydrogen-bond acceptors (Lipinski definition) is 3. The van der Waals surface area contributed by atoms with Gasteiger partial charge < -0.3 is 10.6 Å². The van der Waals surface area contributed by atoms with Crippen LogP contribution in [0, 0.1) is 5.82 Å². The summed E-state index contributed by atoms with van der Waals surface area (Å²) >= 11 is 0. The number of guanidine groups is 1. The first-order valence-electron chi connectivity index (χ1n) is 9.48. The third kappa shape index (κ3) is 8.69. The molecule has 1 atom stereocenters. The van der Waals surface area contributed by atoms with E-state index in [1.807, 2.05) is 25.1 Å². The third-order valence-electron chi connectivity index (χ3n) is 4.24. The van der Waals surface area contributed by atoms with E-state index in [9.17, 15) is 12.8 Å². The van der Waals surface area contributed by atoms with Crippen LogP contribution in [-0.2, 0) is 16.3 Å². The lowest BCUT2D eigenvalue weighted by Gasteiger charge is -2.18. The normalized spacial score (nSPS) is 12.7. The van der Waals surface area contributed by atoms with Crippen molar-refractivity contribution in [2.45, 2.75) is 37.6 Å². The quantitative estimate of drug-likeness (QED) is 0.293. The Morgan fingerprint density at radius 1 is 1.10 bits per heavy atom. The van der Waals surface area contributed by atoms with Gasteiger partial charge in [-0.1, -0.05) is 42.5 Å². The van der Waals surface area contributed by atoms with Gasteiger partial charge in [0.2, 0.25) is 0 Å². The molecule has 0 saturated carbocycles. The summed E-state index contributed by atoms with van der Waals surface area (Å²) in [5.41, 5.74) is 1.27. The first-order chi connectivity index (χ1) is 13.4. The molecule has 29 heavy (non-hydrogen) atoms. The van der Waals surface area contributed by atoms with Gasteiger partial charge in [0, 0.05) is 12.6 Å². The summed E-state index contributed by atoms with van der Waals surface area (Å²) in [5.74, 6) is -0.416. The minimum Gasteiger partial charge on any atom is -0.357 e. The first kappa shape index (κ1) is 25.4. The molecule has 0 aliphatic heterocycles. The number of nitrogens with zero attached hydrogens (tertiary/aromatic N) is 1. The molecule has 5 nitrogen and oxygen atoms in total. The Balaban J connectivity index is 0.00000420. The fourth-order valence-corrected chi connectivity index (χ4v) is 3.94. The lowest BCUT2D eigenvalue weighted by atomic mass is 10.1. The second-order valence-corrected chi connectivity index (χ2v) is 8.66. The monoisotopic (exact) mass is 533 g/mol. The Morgan fingerprint density at radius 3 is 2.41 bits per heavy atom. The van der Waals surface area contributed by atoms with Crippen molar-refractivity contribution in [2.75, 3.05) is 18.8 Å². The Bertz CT molecular complexity index is 877. The van der Waals surface area contributed by atoms with Crippen LogP contribution in [0.1, 0.15) is 25.8 Å². The van der Waals surface area contributed by atoms with Crippen LogP contribution in [0.2, 0.25) is 0 Å². The van der Waals surface area contributed by atoms with Crippen molar-refractivity contribution in [3.63, 3.8) is 0 Å². The average Bonchev–Trinajstić information content (AvgIpc) is 2.67. The molecule has 0 amide bonds. The number of halogens is 2. The second kappa shape index (κ2) is 12.8. The molecular formula is C21H29FIN3O2S. The van der Waals surface area contributed by atoms with Crippen LogP contribution in [-0.4, -0.2) is 39.3 Å².